The minimum Gasteiger partial charge on any atom is -0.359 e. The van der Waals surface area contributed by atoms with E-state index in [2.05, 4.69) is 64.5 Å². The molecule has 1 aromatic heterocycles. The lowest BCUT2D eigenvalue weighted by molar-refractivity contribution is 0.451. The second kappa shape index (κ2) is 8.33. The smallest absolute Gasteiger partial charge is 0.132 e. The zero-order valence-electron chi connectivity index (χ0n) is 16.3. The van der Waals surface area contributed by atoms with Gasteiger partial charge in [0, 0.05) is 43.7 Å². The second-order valence-electron chi connectivity index (χ2n) is 7.78. The van der Waals surface area contributed by atoms with Crippen LogP contribution in [0, 0.1) is 12.8 Å². The van der Waals surface area contributed by atoms with Gasteiger partial charge in [0.05, 0.1) is 6.04 Å². The summed E-state index contributed by atoms with van der Waals surface area (Å²) in [4.78, 5) is 11.8. The molecule has 4 rings (SSSR count). The van der Waals surface area contributed by atoms with E-state index in [-0.39, 0.29) is 0 Å². The number of nitrogens with one attached hydrogen (secondary N) is 3. The van der Waals surface area contributed by atoms with Crippen molar-refractivity contribution < 1.29 is 0 Å². The van der Waals surface area contributed by atoms with E-state index in [4.69, 9.17) is 9.97 Å². The lowest BCUT2D eigenvalue weighted by atomic mass is 9.93. The average molecular weight is 367 g/mol. The van der Waals surface area contributed by atoms with Gasteiger partial charge in [-0.25, -0.2) is 15.4 Å². The summed E-state index contributed by atoms with van der Waals surface area (Å²) in [5.74, 6) is 2.94. The van der Waals surface area contributed by atoms with Gasteiger partial charge in [-0.05, 0) is 38.4 Å². The van der Waals surface area contributed by atoms with Gasteiger partial charge >= 0.3 is 0 Å². The monoisotopic (exact) mass is 366 g/mol. The first kappa shape index (κ1) is 18.3. The molecule has 1 aromatic carbocycles. The van der Waals surface area contributed by atoms with Crippen molar-refractivity contribution in [1.29, 1.82) is 0 Å². The molecular formula is C21H30N6. The van der Waals surface area contributed by atoms with E-state index < -0.39 is 0 Å². The maximum absolute atomic E-state index is 4.74. The highest BCUT2D eigenvalue weighted by atomic mass is 15.4. The van der Waals surface area contributed by atoms with Gasteiger partial charge in [0.1, 0.15) is 11.6 Å². The summed E-state index contributed by atoms with van der Waals surface area (Å²) in [7, 11) is 2.15. The largest absolute Gasteiger partial charge is 0.359 e. The van der Waals surface area contributed by atoms with Gasteiger partial charge in [0.15, 0.2) is 0 Å². The maximum Gasteiger partial charge on any atom is 0.132 e. The quantitative estimate of drug-likeness (QED) is 0.754. The van der Waals surface area contributed by atoms with Crippen molar-refractivity contribution in [2.45, 2.75) is 31.7 Å². The first-order chi connectivity index (χ1) is 13.2. The van der Waals surface area contributed by atoms with Crippen molar-refractivity contribution in [3.63, 3.8) is 0 Å². The molecule has 0 spiro atoms. The van der Waals surface area contributed by atoms with Gasteiger partial charge in [0.2, 0.25) is 0 Å². The molecule has 0 aliphatic carbocycles. The zero-order chi connectivity index (χ0) is 18.6. The van der Waals surface area contributed by atoms with Crippen molar-refractivity contribution >= 4 is 5.82 Å². The highest BCUT2D eigenvalue weighted by Crippen LogP contribution is 2.28. The molecule has 27 heavy (non-hydrogen) atoms. The number of aromatic nitrogens is 2. The Labute approximate surface area is 161 Å². The van der Waals surface area contributed by atoms with Crippen LogP contribution in [0.4, 0.5) is 5.82 Å². The van der Waals surface area contributed by atoms with E-state index in [0.717, 1.165) is 50.7 Å². The third-order valence-electron chi connectivity index (χ3n) is 5.75. The molecule has 3 N–H and O–H groups in total. The summed E-state index contributed by atoms with van der Waals surface area (Å²) in [5, 5.41) is 3.44. The molecule has 0 radical (unpaired) electrons. The predicted molar refractivity (Wildman–Crippen MR) is 109 cm³/mol. The van der Waals surface area contributed by atoms with Gasteiger partial charge in [0.25, 0.3) is 0 Å². The van der Waals surface area contributed by atoms with Crippen LogP contribution in [0.1, 0.15) is 41.9 Å². The molecule has 6 nitrogen and oxygen atoms in total. The molecule has 2 aromatic rings. The molecule has 0 amide bonds. The Morgan fingerprint density at radius 2 is 1.89 bits per heavy atom. The number of anilines is 1. The fourth-order valence-electron chi connectivity index (χ4n) is 4.26. The summed E-state index contributed by atoms with van der Waals surface area (Å²) in [6.45, 7) is 6.07. The lowest BCUT2D eigenvalue weighted by Gasteiger charge is -2.27. The summed E-state index contributed by atoms with van der Waals surface area (Å²) in [5.41, 5.74) is 9.30. The lowest BCUT2D eigenvalue weighted by Crippen LogP contribution is -2.31. The zero-order valence-corrected chi connectivity index (χ0v) is 16.3. The first-order valence-electron chi connectivity index (χ1n) is 10.0. The molecule has 2 atom stereocenters. The molecule has 2 saturated heterocycles. The number of hydrogen-bond acceptors (Lipinski definition) is 6. The minimum absolute atomic E-state index is 0.320. The van der Waals surface area contributed by atoms with Crippen LogP contribution in [0.15, 0.2) is 36.4 Å². The third kappa shape index (κ3) is 4.29. The van der Waals surface area contributed by atoms with Crippen molar-refractivity contribution in [3.8, 4) is 0 Å². The van der Waals surface area contributed by atoms with Gasteiger partial charge in [-0.15, -0.1) is 0 Å². The minimum atomic E-state index is 0.320. The van der Waals surface area contributed by atoms with Crippen LogP contribution < -0.4 is 21.1 Å². The molecule has 0 saturated carbocycles. The van der Waals surface area contributed by atoms with Crippen LogP contribution >= 0.6 is 0 Å². The van der Waals surface area contributed by atoms with Crippen molar-refractivity contribution in [3.05, 3.63) is 53.5 Å². The Hall–Kier alpha value is -2.02. The molecule has 3 heterocycles. The van der Waals surface area contributed by atoms with Crippen molar-refractivity contribution in [2.24, 2.45) is 5.92 Å². The van der Waals surface area contributed by atoms with Gasteiger partial charge < -0.3 is 10.2 Å². The first-order valence-corrected chi connectivity index (χ1v) is 10.0. The number of hydrazine groups is 1. The Morgan fingerprint density at radius 1 is 1.11 bits per heavy atom. The Kier molecular flexibility index (Phi) is 5.66. The van der Waals surface area contributed by atoms with Gasteiger partial charge in [-0.2, -0.15) is 0 Å². The number of benzene rings is 1. The van der Waals surface area contributed by atoms with E-state index in [9.17, 15) is 0 Å². The van der Waals surface area contributed by atoms with E-state index in [1.54, 1.807) is 0 Å². The molecule has 0 bridgehead atoms. The summed E-state index contributed by atoms with van der Waals surface area (Å²) < 4.78 is 0. The predicted octanol–water partition coefficient (Wildman–Crippen LogP) is 2.15. The normalized spacial score (nSPS) is 23.5. The summed E-state index contributed by atoms with van der Waals surface area (Å²) in [6.07, 6.45) is 2.32. The molecule has 2 aliphatic rings. The van der Waals surface area contributed by atoms with Crippen LogP contribution in [0.3, 0.4) is 0 Å². The molecule has 144 valence electrons. The molecule has 2 aliphatic heterocycles. The SMILES string of the molecule is Cc1nc(C2CCNCC2)cc(N(C)CC2CNNC2c2ccccc2)n1. The maximum atomic E-state index is 4.74. The third-order valence-corrected chi connectivity index (χ3v) is 5.75. The molecule has 6 heteroatoms. The standard InChI is InChI=1S/C21H30N6/c1-15-24-19(16-8-10-22-11-9-16)12-20(25-15)27(2)14-18-13-23-26-21(18)17-6-4-3-5-7-17/h3-7,12,16,18,21-23,26H,8-11,13-14H2,1-2H3. The van der Waals surface area contributed by atoms with Crippen LogP contribution in [0.2, 0.25) is 0 Å². The van der Waals surface area contributed by atoms with Crippen molar-refractivity contribution in [1.82, 2.24) is 26.1 Å². The Bertz CT molecular complexity index is 744. The molecule has 2 unspecified atom stereocenters. The molecule has 2 fully saturated rings. The highest BCUT2D eigenvalue weighted by molar-refractivity contribution is 5.40. The van der Waals surface area contributed by atoms with Crippen LogP contribution in [-0.2, 0) is 0 Å². The topological polar surface area (TPSA) is 65.1 Å². The number of piperidine rings is 1. The highest BCUT2D eigenvalue weighted by Gasteiger charge is 2.29. The van der Waals surface area contributed by atoms with E-state index in [1.807, 2.05) is 6.92 Å². The van der Waals surface area contributed by atoms with Crippen LogP contribution in [-0.4, -0.2) is 43.2 Å². The number of nitrogens with zero attached hydrogens (tertiary/aromatic N) is 3. The van der Waals surface area contributed by atoms with E-state index in [1.165, 1.54) is 11.3 Å². The summed E-state index contributed by atoms with van der Waals surface area (Å²) >= 11 is 0. The van der Waals surface area contributed by atoms with Gasteiger partial charge in [-0.1, -0.05) is 30.3 Å². The van der Waals surface area contributed by atoms with Crippen LogP contribution in [0.5, 0.6) is 0 Å². The number of aryl methyl sites for hydroxylation is 1. The van der Waals surface area contributed by atoms with Crippen molar-refractivity contribution in [2.75, 3.05) is 38.1 Å². The Morgan fingerprint density at radius 3 is 2.67 bits per heavy atom. The van der Waals surface area contributed by atoms with E-state index >= 15 is 0 Å². The fourth-order valence-corrected chi connectivity index (χ4v) is 4.26. The summed E-state index contributed by atoms with van der Waals surface area (Å²) in [6, 6.07) is 13.2. The second-order valence-corrected chi connectivity index (χ2v) is 7.78. The van der Waals surface area contributed by atoms with E-state index in [0.29, 0.717) is 17.9 Å². The van der Waals surface area contributed by atoms with Gasteiger partial charge in [-0.3, -0.25) is 5.43 Å². The molecular weight excluding hydrogens is 336 g/mol. The Balaban J connectivity index is 1.49. The average Bonchev–Trinajstić information content (AvgIpc) is 3.17. The fraction of sp³-hybridized carbons (Fsp3) is 0.524. The number of hydrogen-bond donors (Lipinski definition) is 3. The van der Waals surface area contributed by atoms with Crippen LogP contribution in [0.25, 0.3) is 0 Å². The number of rotatable bonds is 5.